The fourth-order valence-corrected chi connectivity index (χ4v) is 11.8. The van der Waals surface area contributed by atoms with Crippen LogP contribution in [0.1, 0.15) is 0 Å². The van der Waals surface area contributed by atoms with Crippen molar-refractivity contribution in [1.29, 1.82) is 0 Å². The van der Waals surface area contributed by atoms with E-state index in [4.69, 9.17) is 9.97 Å². The van der Waals surface area contributed by atoms with Crippen molar-refractivity contribution in [2.75, 3.05) is 0 Å². The van der Waals surface area contributed by atoms with Gasteiger partial charge in [-0.3, -0.25) is 0 Å². The van der Waals surface area contributed by atoms with Gasteiger partial charge in [-0.05, 0) is 96.0 Å². The third kappa shape index (κ3) is 5.61. The Morgan fingerprint density at radius 3 is 1.56 bits per heavy atom. The van der Waals surface area contributed by atoms with Gasteiger partial charge in [-0.1, -0.05) is 176 Å². The van der Waals surface area contributed by atoms with E-state index in [-0.39, 0.29) is 0 Å². The lowest BCUT2D eigenvalue weighted by atomic mass is 9.91. The molecule has 0 aliphatic rings. The Bertz CT molecular complexity index is 3870. The van der Waals surface area contributed by atoms with E-state index in [0.717, 1.165) is 38.2 Å². The Balaban J connectivity index is 0.957. The van der Waals surface area contributed by atoms with Crippen LogP contribution in [0.2, 0.25) is 0 Å². The van der Waals surface area contributed by atoms with Crippen LogP contribution < -0.4 is 0 Å². The topological polar surface area (TPSA) is 25.8 Å². The summed E-state index contributed by atoms with van der Waals surface area (Å²) >= 11 is 3.66. The maximum absolute atomic E-state index is 5.27. The SMILES string of the molecule is c1ccc(-c2ccc(-c3nc(-c4ccccc4)nc4c3sc3cc(-c5cccc6sc7ccc(-c8ccc9c%10ccccc%10c%10ccccc%10c9c8)cc7c56)ccc34)cc2)cc1. The van der Waals surface area contributed by atoms with Gasteiger partial charge in [0.25, 0.3) is 0 Å². The van der Waals surface area contributed by atoms with E-state index in [1.54, 1.807) is 11.3 Å². The van der Waals surface area contributed by atoms with Gasteiger partial charge in [0.1, 0.15) is 0 Å². The molecule has 10 aromatic carbocycles. The number of hydrogen-bond donors (Lipinski definition) is 0. The summed E-state index contributed by atoms with van der Waals surface area (Å²) in [6, 6.07) is 75.0. The monoisotopic (exact) mass is 822 g/mol. The third-order valence-corrected chi connectivity index (χ3v) is 14.8. The molecule has 0 spiro atoms. The first kappa shape index (κ1) is 35.3. The van der Waals surface area contributed by atoms with Crippen LogP contribution in [0.15, 0.2) is 206 Å². The van der Waals surface area contributed by atoms with Crippen molar-refractivity contribution in [3.8, 4) is 56.0 Å². The molecular weight excluding hydrogens is 789 g/mol. The van der Waals surface area contributed by atoms with E-state index in [0.29, 0.717) is 0 Å². The zero-order valence-electron chi connectivity index (χ0n) is 33.3. The van der Waals surface area contributed by atoms with E-state index >= 15 is 0 Å². The molecule has 0 saturated carbocycles. The van der Waals surface area contributed by atoms with Crippen molar-refractivity contribution in [3.05, 3.63) is 206 Å². The lowest BCUT2D eigenvalue weighted by molar-refractivity contribution is 1.24. The first-order valence-electron chi connectivity index (χ1n) is 21.0. The van der Waals surface area contributed by atoms with Crippen LogP contribution in [0.25, 0.3) is 129 Å². The summed E-state index contributed by atoms with van der Waals surface area (Å²) in [4.78, 5) is 10.5. The van der Waals surface area contributed by atoms with Crippen LogP contribution in [0.4, 0.5) is 0 Å². The normalized spacial score (nSPS) is 11.9. The minimum Gasteiger partial charge on any atom is -0.226 e. The fourth-order valence-electron chi connectivity index (χ4n) is 9.51. The summed E-state index contributed by atoms with van der Waals surface area (Å²) in [5.74, 6) is 0.738. The van der Waals surface area contributed by atoms with Gasteiger partial charge in [0.05, 0.1) is 15.9 Å². The average molecular weight is 823 g/mol. The molecule has 13 aromatic rings. The first-order chi connectivity index (χ1) is 30.7. The molecule has 0 radical (unpaired) electrons. The predicted molar refractivity (Wildman–Crippen MR) is 268 cm³/mol. The minimum absolute atomic E-state index is 0.738. The highest BCUT2D eigenvalue weighted by Gasteiger charge is 2.19. The molecule has 0 bridgehead atoms. The number of rotatable bonds is 5. The van der Waals surface area contributed by atoms with Gasteiger partial charge in [-0.15, -0.1) is 22.7 Å². The number of fused-ring (bicyclic) bond motifs is 12. The van der Waals surface area contributed by atoms with E-state index in [1.165, 1.54) is 90.6 Å². The molecule has 3 aromatic heterocycles. The van der Waals surface area contributed by atoms with E-state index in [9.17, 15) is 0 Å². The molecule has 0 aliphatic carbocycles. The standard InChI is InChI=1S/C58H34N2S2/c1-3-12-35(13-4-1)36-22-24-37(25-23-36)55-57-56(60-58(59-55)38-14-5-2-6-15-38)48-30-27-41(34-53(48)62-57)42-20-11-21-52-54(42)50-33-40(28-31-51(50)61-52)39-26-29-47-45-18-8-7-16-43(45)44-17-9-10-19-46(44)49(47)32-39/h1-34H. The molecule has 0 saturated heterocycles. The van der Waals surface area contributed by atoms with Gasteiger partial charge >= 0.3 is 0 Å². The zero-order chi connectivity index (χ0) is 40.7. The molecule has 4 heteroatoms. The van der Waals surface area contributed by atoms with Gasteiger partial charge in [0.15, 0.2) is 5.82 Å². The van der Waals surface area contributed by atoms with Gasteiger partial charge in [0.2, 0.25) is 0 Å². The second kappa shape index (κ2) is 14.0. The summed E-state index contributed by atoms with van der Waals surface area (Å²) < 4.78 is 4.89. The molecule has 0 aliphatic heterocycles. The largest absolute Gasteiger partial charge is 0.226 e. The van der Waals surface area contributed by atoms with Crippen molar-refractivity contribution >= 4 is 95.5 Å². The van der Waals surface area contributed by atoms with E-state index in [1.807, 2.05) is 17.4 Å². The van der Waals surface area contributed by atoms with Crippen molar-refractivity contribution in [2.45, 2.75) is 0 Å². The van der Waals surface area contributed by atoms with Crippen LogP contribution in [0, 0.1) is 0 Å². The molecule has 288 valence electrons. The Labute approximate surface area is 365 Å². The molecule has 0 unspecified atom stereocenters. The number of hydrogen-bond acceptors (Lipinski definition) is 4. The smallest absolute Gasteiger partial charge is 0.160 e. The molecule has 13 rings (SSSR count). The lowest BCUT2D eigenvalue weighted by Crippen LogP contribution is -1.93. The molecule has 0 atom stereocenters. The van der Waals surface area contributed by atoms with Gasteiger partial charge < -0.3 is 0 Å². The van der Waals surface area contributed by atoms with Crippen molar-refractivity contribution in [2.24, 2.45) is 0 Å². The average Bonchev–Trinajstić information content (AvgIpc) is 3.92. The minimum atomic E-state index is 0.738. The van der Waals surface area contributed by atoms with Crippen LogP contribution in [0.5, 0.6) is 0 Å². The maximum Gasteiger partial charge on any atom is 0.160 e. The van der Waals surface area contributed by atoms with Crippen LogP contribution in [-0.2, 0) is 0 Å². The number of benzene rings is 10. The van der Waals surface area contributed by atoms with Gasteiger partial charge in [-0.25, -0.2) is 9.97 Å². The van der Waals surface area contributed by atoms with Crippen molar-refractivity contribution in [1.82, 2.24) is 9.97 Å². The third-order valence-electron chi connectivity index (χ3n) is 12.5. The highest BCUT2D eigenvalue weighted by atomic mass is 32.1. The van der Waals surface area contributed by atoms with E-state index < -0.39 is 0 Å². The molecule has 0 amide bonds. The summed E-state index contributed by atoms with van der Waals surface area (Å²) in [7, 11) is 0. The molecular formula is C58H34N2S2. The lowest BCUT2D eigenvalue weighted by Gasteiger charge is -2.12. The Morgan fingerprint density at radius 1 is 0.290 bits per heavy atom. The van der Waals surface area contributed by atoms with Gasteiger partial charge in [-0.2, -0.15) is 0 Å². The summed E-state index contributed by atoms with van der Waals surface area (Å²) in [6.07, 6.45) is 0. The summed E-state index contributed by atoms with van der Waals surface area (Å²) in [5.41, 5.74) is 11.3. The molecule has 3 heterocycles. The molecule has 2 nitrogen and oxygen atoms in total. The zero-order valence-corrected chi connectivity index (χ0v) is 35.0. The van der Waals surface area contributed by atoms with Crippen LogP contribution in [0.3, 0.4) is 0 Å². The van der Waals surface area contributed by atoms with Crippen molar-refractivity contribution in [3.63, 3.8) is 0 Å². The second-order valence-corrected chi connectivity index (χ2v) is 18.2. The number of nitrogens with zero attached hydrogens (tertiary/aromatic N) is 2. The first-order valence-corrected chi connectivity index (χ1v) is 22.6. The molecule has 0 N–H and O–H groups in total. The maximum atomic E-state index is 5.27. The highest BCUT2D eigenvalue weighted by Crippen LogP contribution is 2.46. The summed E-state index contributed by atoms with van der Waals surface area (Å²) in [6.45, 7) is 0. The Kier molecular flexibility index (Phi) is 7.99. The summed E-state index contributed by atoms with van der Waals surface area (Å²) in [5, 5.41) is 11.5. The highest BCUT2D eigenvalue weighted by molar-refractivity contribution is 7.26. The molecule has 62 heavy (non-hydrogen) atoms. The second-order valence-electron chi connectivity index (χ2n) is 16.0. The fraction of sp³-hybridized carbons (Fsp3) is 0. The van der Waals surface area contributed by atoms with Crippen molar-refractivity contribution < 1.29 is 0 Å². The number of thiophene rings is 2. The Hall–Kier alpha value is -7.50. The Morgan fingerprint density at radius 2 is 0.839 bits per heavy atom. The number of aromatic nitrogens is 2. The van der Waals surface area contributed by atoms with Crippen LogP contribution >= 0.6 is 22.7 Å². The van der Waals surface area contributed by atoms with Gasteiger partial charge in [0, 0.05) is 41.4 Å². The molecule has 0 fully saturated rings. The van der Waals surface area contributed by atoms with Crippen LogP contribution in [-0.4, -0.2) is 9.97 Å². The quantitative estimate of drug-likeness (QED) is 0.162. The van der Waals surface area contributed by atoms with E-state index in [2.05, 4.69) is 200 Å². The predicted octanol–water partition coefficient (Wildman–Crippen LogP) is 17.0.